The van der Waals surface area contributed by atoms with Crippen molar-refractivity contribution in [3.63, 3.8) is 0 Å². The van der Waals surface area contributed by atoms with E-state index in [9.17, 15) is 0 Å². The van der Waals surface area contributed by atoms with Crippen molar-refractivity contribution in [3.8, 4) is 0 Å². The van der Waals surface area contributed by atoms with Crippen LogP contribution in [0.2, 0.25) is 0 Å². The van der Waals surface area contributed by atoms with Crippen LogP contribution in [0, 0.1) is 0 Å². The highest BCUT2D eigenvalue weighted by atomic mass is 15.1. The maximum Gasteiger partial charge on any atom is 0.249 e. The van der Waals surface area contributed by atoms with Crippen LogP contribution in [0.5, 0.6) is 0 Å². The molecule has 4 heterocycles. The van der Waals surface area contributed by atoms with Gasteiger partial charge in [0.15, 0.2) is 0 Å². The summed E-state index contributed by atoms with van der Waals surface area (Å²) in [6.07, 6.45) is 0. The van der Waals surface area contributed by atoms with Crippen LogP contribution in [-0.4, -0.2) is 15.8 Å². The number of benzene rings is 5. The number of hydrogen-bond acceptors (Lipinski definition) is 0. The zero-order chi connectivity index (χ0) is 28.6. The van der Waals surface area contributed by atoms with Gasteiger partial charge in [-0.05, 0) is 45.8 Å². The number of fused-ring (bicyclic) bond motifs is 14. The molecule has 2 aliphatic heterocycles. The molecule has 7 aromatic rings. The van der Waals surface area contributed by atoms with Crippen LogP contribution in [0.4, 0.5) is 0 Å². The minimum atomic E-state index is -0.131. The fourth-order valence-corrected chi connectivity index (χ4v) is 9.89. The Balaban J connectivity index is 1.47. The van der Waals surface area contributed by atoms with Crippen LogP contribution >= 0.6 is 0 Å². The first-order valence-electron chi connectivity index (χ1n) is 15.6. The number of para-hydroxylation sites is 2. The first kappa shape index (κ1) is 22.8. The molecule has 0 bridgehead atoms. The Bertz CT molecular complexity index is 2560. The molecule has 0 saturated heterocycles. The summed E-state index contributed by atoms with van der Waals surface area (Å²) >= 11 is 0. The fourth-order valence-electron chi connectivity index (χ4n) is 9.89. The van der Waals surface area contributed by atoms with Gasteiger partial charge in [-0.3, -0.25) is 0 Å². The van der Waals surface area contributed by atoms with E-state index in [-0.39, 0.29) is 17.5 Å². The van der Waals surface area contributed by atoms with Gasteiger partial charge in [-0.25, -0.2) is 0 Å². The minimum absolute atomic E-state index is 0.123. The number of nitrogens with zero attached hydrogens (tertiary/aromatic N) is 2. The summed E-state index contributed by atoms with van der Waals surface area (Å²) in [4.78, 5) is 0. The Hall–Kier alpha value is -4.76. The number of rotatable bonds is 0. The molecule has 5 aromatic carbocycles. The van der Waals surface area contributed by atoms with E-state index >= 15 is 0 Å². The van der Waals surface area contributed by atoms with E-state index < -0.39 is 0 Å². The predicted molar refractivity (Wildman–Crippen MR) is 182 cm³/mol. The van der Waals surface area contributed by atoms with Crippen molar-refractivity contribution in [1.82, 2.24) is 9.13 Å². The molecule has 0 saturated carbocycles. The number of hydrogen-bond donors (Lipinski definition) is 0. The maximum atomic E-state index is 2.67. The molecular formula is C40H29BN2. The highest BCUT2D eigenvalue weighted by molar-refractivity contribution is 7.01. The van der Waals surface area contributed by atoms with E-state index in [2.05, 4.69) is 140 Å². The van der Waals surface area contributed by atoms with Crippen molar-refractivity contribution in [2.24, 2.45) is 0 Å². The molecule has 2 nitrogen and oxygen atoms in total. The minimum Gasteiger partial charge on any atom is -0.313 e. The van der Waals surface area contributed by atoms with E-state index in [0.29, 0.717) is 0 Å². The van der Waals surface area contributed by atoms with E-state index in [0.717, 1.165) is 0 Å². The van der Waals surface area contributed by atoms with E-state index in [1.54, 1.807) is 5.47 Å². The van der Waals surface area contributed by atoms with Crippen LogP contribution in [0.1, 0.15) is 49.9 Å². The summed E-state index contributed by atoms with van der Waals surface area (Å²) in [6.45, 7) is 10.0. The normalized spacial score (nSPS) is 18.4. The molecule has 0 unspecified atom stereocenters. The molecule has 3 heteroatoms. The SMILES string of the molecule is CC1(C)C2=C(c3ccccc31)n1c3ccccc3c3cc4c5ccccc5n5c4c(c31)B2C1=C5C(C)(C)c2ccccc21. The second-order valence-corrected chi connectivity index (χ2v) is 14.1. The third-order valence-electron chi connectivity index (χ3n) is 11.5. The van der Waals surface area contributed by atoms with Crippen molar-refractivity contribution in [1.29, 1.82) is 0 Å². The summed E-state index contributed by atoms with van der Waals surface area (Å²) in [5, 5.41) is 5.44. The monoisotopic (exact) mass is 548 g/mol. The summed E-state index contributed by atoms with van der Waals surface area (Å²) in [5.41, 5.74) is 18.3. The quantitative estimate of drug-likeness (QED) is 0.168. The lowest BCUT2D eigenvalue weighted by Crippen LogP contribution is -2.47. The fraction of sp³-hybridized carbons (Fsp3) is 0.150. The molecule has 2 aromatic heterocycles. The number of aromatic nitrogens is 2. The lowest BCUT2D eigenvalue weighted by Gasteiger charge is -2.38. The van der Waals surface area contributed by atoms with Gasteiger partial charge in [0.1, 0.15) is 0 Å². The van der Waals surface area contributed by atoms with Gasteiger partial charge in [0.2, 0.25) is 6.71 Å². The Labute approximate surface area is 250 Å². The average Bonchev–Trinajstić information content (AvgIpc) is 3.68. The van der Waals surface area contributed by atoms with Crippen molar-refractivity contribution in [2.45, 2.75) is 38.5 Å². The summed E-state index contributed by atoms with van der Waals surface area (Å²) in [5.74, 6) is 0. The van der Waals surface area contributed by atoms with Gasteiger partial charge in [-0.2, -0.15) is 0 Å². The van der Waals surface area contributed by atoms with E-state index in [4.69, 9.17) is 0 Å². The molecule has 0 fully saturated rings. The molecule has 0 spiro atoms. The third-order valence-corrected chi connectivity index (χ3v) is 11.5. The molecule has 2 aliphatic carbocycles. The highest BCUT2D eigenvalue weighted by Crippen LogP contribution is 2.60. The molecule has 0 N–H and O–H groups in total. The van der Waals surface area contributed by atoms with Crippen LogP contribution in [0.15, 0.2) is 109 Å². The van der Waals surface area contributed by atoms with Crippen LogP contribution in [0.25, 0.3) is 60.5 Å². The largest absolute Gasteiger partial charge is 0.313 e. The van der Waals surface area contributed by atoms with Crippen LogP contribution in [0.3, 0.4) is 0 Å². The summed E-state index contributed by atoms with van der Waals surface area (Å²) in [7, 11) is 0. The molecule has 43 heavy (non-hydrogen) atoms. The molecule has 0 atom stereocenters. The summed E-state index contributed by atoms with van der Waals surface area (Å²) < 4.78 is 5.33. The van der Waals surface area contributed by atoms with E-state index in [1.165, 1.54) is 88.2 Å². The maximum absolute atomic E-state index is 2.67. The predicted octanol–water partition coefficient (Wildman–Crippen LogP) is 8.92. The van der Waals surface area contributed by atoms with Crippen molar-refractivity contribution in [3.05, 3.63) is 131 Å². The molecular weight excluding hydrogens is 519 g/mol. The van der Waals surface area contributed by atoms with E-state index in [1.807, 2.05) is 0 Å². The van der Waals surface area contributed by atoms with Gasteiger partial charge in [0.05, 0.1) is 22.1 Å². The smallest absolute Gasteiger partial charge is 0.249 e. The average molecular weight is 548 g/mol. The molecule has 11 rings (SSSR count). The zero-order valence-corrected chi connectivity index (χ0v) is 24.8. The zero-order valence-electron chi connectivity index (χ0n) is 24.8. The standard InChI is InChI=1S/C40H29BN2/c1-39(2)29-18-10-6-16-25(29)36-37(39)41-32-24-15-5-9-17-28(24)40(3,4)38(32)43-31-20-12-8-14-23(31)27-21-26-22-13-7-11-19-30(22)42(36)34(26)33(41)35(27)43/h5-21H,1-4H3. The van der Waals surface area contributed by atoms with Gasteiger partial charge in [-0.1, -0.05) is 118 Å². The Morgan fingerprint density at radius 3 is 1.77 bits per heavy atom. The Kier molecular flexibility index (Phi) is 3.65. The topological polar surface area (TPSA) is 9.86 Å². The highest BCUT2D eigenvalue weighted by Gasteiger charge is 2.55. The Morgan fingerprint density at radius 1 is 0.535 bits per heavy atom. The van der Waals surface area contributed by atoms with Crippen molar-refractivity contribution >= 4 is 72.7 Å². The molecule has 0 radical (unpaired) electrons. The van der Waals surface area contributed by atoms with Crippen LogP contribution in [-0.2, 0) is 10.8 Å². The van der Waals surface area contributed by atoms with Gasteiger partial charge in [0.25, 0.3) is 0 Å². The second kappa shape index (κ2) is 6.89. The van der Waals surface area contributed by atoms with Gasteiger partial charge < -0.3 is 9.13 Å². The molecule has 202 valence electrons. The van der Waals surface area contributed by atoms with Crippen LogP contribution < -0.4 is 5.46 Å². The van der Waals surface area contributed by atoms with Gasteiger partial charge in [0, 0.05) is 49.3 Å². The van der Waals surface area contributed by atoms with Gasteiger partial charge >= 0.3 is 0 Å². The first-order chi connectivity index (χ1) is 20.9. The third kappa shape index (κ3) is 2.25. The number of allylic oxidation sites excluding steroid dienone is 2. The lowest BCUT2D eigenvalue weighted by atomic mass is 9.30. The van der Waals surface area contributed by atoms with Crippen molar-refractivity contribution in [2.75, 3.05) is 0 Å². The lowest BCUT2D eigenvalue weighted by molar-refractivity contribution is 0.665. The molecule has 4 aliphatic rings. The Morgan fingerprint density at radius 2 is 1.07 bits per heavy atom. The summed E-state index contributed by atoms with van der Waals surface area (Å²) in [6, 6.07) is 39.1. The van der Waals surface area contributed by atoms with Crippen molar-refractivity contribution < 1.29 is 0 Å². The molecule has 0 amide bonds. The first-order valence-corrected chi connectivity index (χ1v) is 15.6. The van der Waals surface area contributed by atoms with Gasteiger partial charge in [-0.15, -0.1) is 0 Å². The second-order valence-electron chi connectivity index (χ2n) is 14.1.